The van der Waals surface area contributed by atoms with Crippen molar-refractivity contribution in [3.05, 3.63) is 0 Å². The molecule has 2 amide bonds. The predicted molar refractivity (Wildman–Crippen MR) is 71.8 cm³/mol. The van der Waals surface area contributed by atoms with Gasteiger partial charge in [-0.2, -0.15) is 0 Å². The fourth-order valence-corrected chi connectivity index (χ4v) is 2.95. The van der Waals surface area contributed by atoms with E-state index >= 15 is 0 Å². The van der Waals surface area contributed by atoms with E-state index in [9.17, 15) is 14.7 Å². The van der Waals surface area contributed by atoms with E-state index in [2.05, 4.69) is 17.6 Å². The molecule has 108 valence electrons. The van der Waals surface area contributed by atoms with Crippen LogP contribution >= 0.6 is 0 Å². The lowest BCUT2D eigenvalue weighted by molar-refractivity contribution is -0.148. The topological polar surface area (TPSA) is 78.4 Å². The fourth-order valence-electron chi connectivity index (χ4n) is 2.95. The molecule has 2 saturated carbocycles. The van der Waals surface area contributed by atoms with E-state index in [4.69, 9.17) is 0 Å². The molecule has 0 aliphatic heterocycles. The number of hydrogen-bond donors (Lipinski definition) is 3. The van der Waals surface area contributed by atoms with E-state index in [-0.39, 0.29) is 12.1 Å². The quantitative estimate of drug-likeness (QED) is 0.713. The van der Waals surface area contributed by atoms with Gasteiger partial charge in [-0.1, -0.05) is 13.3 Å². The van der Waals surface area contributed by atoms with Crippen molar-refractivity contribution in [2.45, 2.75) is 52.0 Å². The minimum absolute atomic E-state index is 0.230. The molecule has 0 bridgehead atoms. The van der Waals surface area contributed by atoms with E-state index in [1.165, 1.54) is 12.8 Å². The third kappa shape index (κ3) is 3.19. The van der Waals surface area contributed by atoms with Crippen molar-refractivity contribution < 1.29 is 14.7 Å². The Kier molecular flexibility index (Phi) is 4.02. The molecule has 0 radical (unpaired) electrons. The summed E-state index contributed by atoms with van der Waals surface area (Å²) in [7, 11) is 0. The second-order valence-electron chi connectivity index (χ2n) is 6.34. The van der Waals surface area contributed by atoms with Gasteiger partial charge in [-0.25, -0.2) is 4.79 Å². The van der Waals surface area contributed by atoms with E-state index < -0.39 is 11.4 Å². The van der Waals surface area contributed by atoms with Gasteiger partial charge in [0, 0.05) is 12.6 Å². The average Bonchev–Trinajstić information content (AvgIpc) is 3.13. The molecule has 2 aliphatic carbocycles. The number of carboxylic acid groups (broad SMARTS) is 1. The Balaban J connectivity index is 1.79. The first-order valence-electron chi connectivity index (χ1n) is 7.21. The molecule has 2 fully saturated rings. The normalized spacial score (nSPS) is 31.8. The van der Waals surface area contributed by atoms with Crippen LogP contribution < -0.4 is 10.6 Å². The highest BCUT2D eigenvalue weighted by Crippen LogP contribution is 2.38. The van der Waals surface area contributed by atoms with Gasteiger partial charge >= 0.3 is 12.0 Å². The summed E-state index contributed by atoms with van der Waals surface area (Å²) in [5.41, 5.74) is -0.820. The number of hydrogen-bond acceptors (Lipinski definition) is 2. The van der Waals surface area contributed by atoms with Crippen LogP contribution in [0.4, 0.5) is 4.79 Å². The van der Waals surface area contributed by atoms with Crippen molar-refractivity contribution in [2.24, 2.45) is 17.3 Å². The van der Waals surface area contributed by atoms with Crippen LogP contribution in [0.3, 0.4) is 0 Å². The maximum atomic E-state index is 11.8. The van der Waals surface area contributed by atoms with Crippen LogP contribution in [0.1, 0.15) is 46.0 Å². The Labute approximate surface area is 114 Å². The maximum Gasteiger partial charge on any atom is 0.315 e. The number of nitrogens with one attached hydrogen (secondary N) is 2. The lowest BCUT2D eigenvalue weighted by Crippen LogP contribution is -2.50. The van der Waals surface area contributed by atoms with Crippen LogP contribution in [0, 0.1) is 17.3 Å². The molecule has 5 heteroatoms. The monoisotopic (exact) mass is 268 g/mol. The maximum absolute atomic E-state index is 11.8. The zero-order valence-corrected chi connectivity index (χ0v) is 11.7. The zero-order valence-electron chi connectivity index (χ0n) is 11.7. The minimum atomic E-state index is -0.820. The van der Waals surface area contributed by atoms with E-state index in [1.54, 1.807) is 6.92 Å². The van der Waals surface area contributed by atoms with Gasteiger partial charge in [0.05, 0.1) is 5.41 Å². The van der Waals surface area contributed by atoms with E-state index in [0.717, 1.165) is 18.8 Å². The Morgan fingerprint density at radius 2 is 2.05 bits per heavy atom. The van der Waals surface area contributed by atoms with Crippen LogP contribution in [0.5, 0.6) is 0 Å². The number of amides is 2. The summed E-state index contributed by atoms with van der Waals surface area (Å²) in [4.78, 5) is 23.1. The van der Waals surface area contributed by atoms with Gasteiger partial charge in [-0.3, -0.25) is 4.79 Å². The summed E-state index contributed by atoms with van der Waals surface area (Å²) >= 11 is 0. The van der Waals surface area contributed by atoms with E-state index in [1.807, 2.05) is 0 Å². The van der Waals surface area contributed by atoms with Crippen LogP contribution in [0.25, 0.3) is 0 Å². The molecule has 2 aliphatic rings. The molecule has 0 aromatic rings. The van der Waals surface area contributed by atoms with Crippen molar-refractivity contribution in [3.63, 3.8) is 0 Å². The van der Waals surface area contributed by atoms with Crippen molar-refractivity contribution in [3.8, 4) is 0 Å². The largest absolute Gasteiger partial charge is 0.481 e. The van der Waals surface area contributed by atoms with Crippen LogP contribution in [0.15, 0.2) is 0 Å². The highest BCUT2D eigenvalue weighted by molar-refractivity contribution is 5.79. The molecule has 0 spiro atoms. The molecule has 0 aromatic carbocycles. The van der Waals surface area contributed by atoms with Gasteiger partial charge in [-0.15, -0.1) is 0 Å². The molecule has 3 atom stereocenters. The SMILES string of the molecule is CC(CNC(=O)NC1CCCC1(C)C(=O)O)C1CC1. The minimum Gasteiger partial charge on any atom is -0.481 e. The molecule has 0 aromatic heterocycles. The second-order valence-corrected chi connectivity index (χ2v) is 6.34. The van der Waals surface area contributed by atoms with Crippen molar-refractivity contribution in [2.75, 3.05) is 6.54 Å². The molecule has 2 rings (SSSR count). The summed E-state index contributed by atoms with van der Waals surface area (Å²) in [6.07, 6.45) is 4.76. The Hall–Kier alpha value is -1.26. The molecular formula is C14H24N2O3. The number of carboxylic acids is 1. The number of aliphatic carboxylic acids is 1. The number of carbonyl (C=O) groups excluding carboxylic acids is 1. The summed E-state index contributed by atoms with van der Waals surface area (Å²) in [6, 6.07) is -0.492. The Bertz CT molecular complexity index is 368. The third-order valence-electron chi connectivity index (χ3n) is 4.76. The van der Waals surface area contributed by atoms with Crippen LogP contribution in [0.2, 0.25) is 0 Å². The lowest BCUT2D eigenvalue weighted by atomic mass is 9.85. The van der Waals surface area contributed by atoms with E-state index in [0.29, 0.717) is 18.9 Å². The molecule has 3 N–H and O–H groups in total. The first kappa shape index (κ1) is 14.2. The number of rotatable bonds is 5. The molecule has 3 unspecified atom stereocenters. The lowest BCUT2D eigenvalue weighted by Gasteiger charge is -2.28. The van der Waals surface area contributed by atoms with Crippen molar-refractivity contribution in [1.29, 1.82) is 0 Å². The Morgan fingerprint density at radius 3 is 2.63 bits per heavy atom. The van der Waals surface area contributed by atoms with Gasteiger partial charge in [0.1, 0.15) is 0 Å². The molecule has 0 saturated heterocycles. The predicted octanol–water partition coefficient (Wildman–Crippen LogP) is 1.98. The smallest absolute Gasteiger partial charge is 0.315 e. The summed E-state index contributed by atoms with van der Waals surface area (Å²) < 4.78 is 0. The highest BCUT2D eigenvalue weighted by atomic mass is 16.4. The van der Waals surface area contributed by atoms with Gasteiger partial charge in [0.2, 0.25) is 0 Å². The fraction of sp³-hybridized carbons (Fsp3) is 0.857. The van der Waals surface area contributed by atoms with Gasteiger partial charge in [0.25, 0.3) is 0 Å². The van der Waals surface area contributed by atoms with Gasteiger partial charge in [0.15, 0.2) is 0 Å². The Morgan fingerprint density at radius 1 is 1.37 bits per heavy atom. The standard InChI is InChI=1S/C14H24N2O3/c1-9(10-5-6-10)8-15-13(19)16-11-4-3-7-14(11,2)12(17)18/h9-11H,3-8H2,1-2H3,(H,17,18)(H2,15,16,19). The second kappa shape index (κ2) is 5.39. The molecule has 19 heavy (non-hydrogen) atoms. The van der Waals surface area contributed by atoms with Crippen LogP contribution in [-0.2, 0) is 4.79 Å². The molecule has 0 heterocycles. The highest BCUT2D eigenvalue weighted by Gasteiger charge is 2.45. The number of urea groups is 1. The van der Waals surface area contributed by atoms with Gasteiger partial charge in [-0.05, 0) is 44.4 Å². The summed E-state index contributed by atoms with van der Waals surface area (Å²) in [6.45, 7) is 4.54. The summed E-state index contributed by atoms with van der Waals surface area (Å²) in [5.74, 6) is 0.456. The van der Waals surface area contributed by atoms with Crippen molar-refractivity contribution in [1.82, 2.24) is 10.6 Å². The third-order valence-corrected chi connectivity index (χ3v) is 4.76. The van der Waals surface area contributed by atoms with Crippen molar-refractivity contribution >= 4 is 12.0 Å². The number of carbonyl (C=O) groups is 2. The van der Waals surface area contributed by atoms with Crippen LogP contribution in [-0.4, -0.2) is 29.7 Å². The average molecular weight is 268 g/mol. The zero-order chi connectivity index (χ0) is 14.0. The first-order valence-corrected chi connectivity index (χ1v) is 7.21. The van der Waals surface area contributed by atoms with Gasteiger partial charge < -0.3 is 15.7 Å². The molecule has 5 nitrogen and oxygen atoms in total. The first-order chi connectivity index (χ1) is 8.93. The summed E-state index contributed by atoms with van der Waals surface area (Å²) in [5, 5.41) is 15.0. The molecular weight excluding hydrogens is 244 g/mol.